The number of carbonyl (C=O) groups excluding carboxylic acids is 1. The van der Waals surface area contributed by atoms with E-state index in [1.807, 2.05) is 49.4 Å². The van der Waals surface area contributed by atoms with E-state index in [0.717, 1.165) is 16.2 Å². The summed E-state index contributed by atoms with van der Waals surface area (Å²) < 4.78 is 6.12. The lowest BCUT2D eigenvalue weighted by Crippen LogP contribution is -2.20. The van der Waals surface area contributed by atoms with E-state index < -0.39 is 11.9 Å². The van der Waals surface area contributed by atoms with Gasteiger partial charge in [-0.05, 0) is 29.5 Å². The van der Waals surface area contributed by atoms with Crippen molar-refractivity contribution in [1.29, 1.82) is 5.26 Å². The van der Waals surface area contributed by atoms with E-state index in [-0.39, 0.29) is 6.61 Å². The van der Waals surface area contributed by atoms with Crippen LogP contribution in [0.1, 0.15) is 24.1 Å². The Kier molecular flexibility index (Phi) is 5.37. The lowest BCUT2D eigenvalue weighted by molar-refractivity contribution is -0.140. The van der Waals surface area contributed by atoms with Gasteiger partial charge in [-0.15, -0.1) is 12.6 Å². The molecule has 1 aromatic carbocycles. The number of nitrogens with zero attached hydrogens (tertiary/aromatic N) is 1. The molecule has 0 spiro atoms. The molecule has 25 heavy (non-hydrogen) atoms. The summed E-state index contributed by atoms with van der Waals surface area (Å²) in [6.45, 7) is 2.04. The number of thioether (sulfide) groups is 1. The number of H-pyrrole nitrogens is 1. The van der Waals surface area contributed by atoms with Gasteiger partial charge in [0.05, 0.1) is 27.4 Å². The number of allylic oxidation sites excluding steroid dienone is 2. The second-order valence-corrected chi connectivity index (χ2v) is 7.50. The minimum absolute atomic E-state index is 0.192. The largest absolute Gasteiger partial charge is 0.457 e. The van der Waals surface area contributed by atoms with Crippen LogP contribution < -0.4 is 0 Å². The highest BCUT2D eigenvalue weighted by Crippen LogP contribution is 2.47. The van der Waals surface area contributed by atoms with E-state index in [1.165, 1.54) is 11.8 Å². The van der Waals surface area contributed by atoms with Gasteiger partial charge in [0.25, 0.3) is 0 Å². The van der Waals surface area contributed by atoms with Gasteiger partial charge in [0.1, 0.15) is 6.61 Å². The van der Waals surface area contributed by atoms with Crippen molar-refractivity contribution in [2.75, 3.05) is 0 Å². The van der Waals surface area contributed by atoms with E-state index in [1.54, 1.807) is 6.20 Å². The van der Waals surface area contributed by atoms with Crippen molar-refractivity contribution in [1.82, 2.24) is 4.98 Å². The lowest BCUT2D eigenvalue weighted by atomic mass is 9.88. The molecule has 0 bridgehead atoms. The zero-order chi connectivity index (χ0) is 17.8. The van der Waals surface area contributed by atoms with Gasteiger partial charge < -0.3 is 9.72 Å². The molecule has 1 aliphatic heterocycles. The fourth-order valence-electron chi connectivity index (χ4n) is 2.74. The Hall–Kier alpha value is -2.36. The van der Waals surface area contributed by atoms with Crippen molar-refractivity contribution < 1.29 is 9.53 Å². The van der Waals surface area contributed by atoms with E-state index in [4.69, 9.17) is 4.74 Å². The third-order valence-electron chi connectivity index (χ3n) is 3.92. The standard InChI is InChI=1S/C19H16N2O2S2/c1-12-16(18(22)23-11-13-6-3-2-4-7-13)17(15-8-5-9-21-15)14(10-20)19(24)25-12/h2-9,17,21,24H,11H2,1H3/t17-/m0/s1. The van der Waals surface area contributed by atoms with Crippen molar-refractivity contribution in [3.8, 4) is 6.07 Å². The summed E-state index contributed by atoms with van der Waals surface area (Å²) >= 11 is 5.74. The average molecular weight is 368 g/mol. The highest BCUT2D eigenvalue weighted by atomic mass is 32.2. The van der Waals surface area contributed by atoms with E-state index in [0.29, 0.717) is 15.4 Å². The summed E-state index contributed by atoms with van der Waals surface area (Å²) in [5.74, 6) is -0.904. The first-order valence-electron chi connectivity index (χ1n) is 7.68. The first-order valence-corrected chi connectivity index (χ1v) is 8.94. The highest BCUT2D eigenvalue weighted by molar-refractivity contribution is 8.18. The Morgan fingerprint density at radius 1 is 1.32 bits per heavy atom. The monoisotopic (exact) mass is 368 g/mol. The van der Waals surface area contributed by atoms with Crippen LogP contribution in [0.15, 0.2) is 68.9 Å². The quantitative estimate of drug-likeness (QED) is 0.615. The van der Waals surface area contributed by atoms with Gasteiger partial charge in [-0.1, -0.05) is 42.1 Å². The molecule has 3 rings (SSSR count). The number of esters is 1. The molecule has 0 unspecified atom stereocenters. The van der Waals surface area contributed by atoms with Crippen LogP contribution >= 0.6 is 24.4 Å². The molecule has 0 radical (unpaired) electrons. The number of hydrogen-bond donors (Lipinski definition) is 2. The molecular weight excluding hydrogens is 352 g/mol. The minimum Gasteiger partial charge on any atom is -0.457 e. The Labute approximate surface area is 156 Å². The third kappa shape index (κ3) is 3.68. The van der Waals surface area contributed by atoms with Crippen molar-refractivity contribution in [2.24, 2.45) is 0 Å². The molecule has 1 aliphatic rings. The Bertz CT molecular complexity index is 878. The van der Waals surface area contributed by atoms with Gasteiger partial charge in [0.2, 0.25) is 0 Å². The summed E-state index contributed by atoms with van der Waals surface area (Å²) in [5.41, 5.74) is 2.63. The number of rotatable bonds is 4. The number of carbonyl (C=O) groups is 1. The molecule has 1 aromatic heterocycles. The Balaban J connectivity index is 1.90. The van der Waals surface area contributed by atoms with Crippen molar-refractivity contribution >= 4 is 30.4 Å². The second-order valence-electron chi connectivity index (χ2n) is 5.52. The van der Waals surface area contributed by atoms with Crippen LogP contribution in [0, 0.1) is 11.3 Å². The van der Waals surface area contributed by atoms with Gasteiger partial charge in [0.15, 0.2) is 0 Å². The first kappa shape index (κ1) is 17.5. The van der Waals surface area contributed by atoms with Crippen LogP contribution in [0.25, 0.3) is 0 Å². The normalized spacial score (nSPS) is 17.4. The molecule has 0 aliphatic carbocycles. The predicted molar refractivity (Wildman–Crippen MR) is 102 cm³/mol. The summed E-state index contributed by atoms with van der Waals surface area (Å²) in [6, 6.07) is 15.4. The van der Waals surface area contributed by atoms with Gasteiger partial charge >= 0.3 is 5.97 Å². The fourth-order valence-corrected chi connectivity index (χ4v) is 4.20. The maximum atomic E-state index is 12.8. The number of hydrogen-bond acceptors (Lipinski definition) is 5. The number of nitrogens with one attached hydrogen (secondary N) is 1. The van der Waals surface area contributed by atoms with Gasteiger partial charge in [0, 0.05) is 11.9 Å². The molecular formula is C19H16N2O2S2. The number of thiol groups is 1. The SMILES string of the molecule is CC1=C(C(=O)OCc2ccccc2)[C@H](c2ccc[nH]2)C(C#N)=C(S)S1. The number of nitriles is 1. The van der Waals surface area contributed by atoms with E-state index in [2.05, 4.69) is 23.7 Å². The molecule has 4 nitrogen and oxygen atoms in total. The zero-order valence-electron chi connectivity index (χ0n) is 13.5. The van der Waals surface area contributed by atoms with E-state index >= 15 is 0 Å². The molecule has 0 amide bonds. The fraction of sp³-hybridized carbons (Fsp3) is 0.158. The Morgan fingerprint density at radius 2 is 2.08 bits per heavy atom. The maximum Gasteiger partial charge on any atom is 0.336 e. The van der Waals surface area contributed by atoms with Crippen LogP contribution in [-0.4, -0.2) is 11.0 Å². The van der Waals surface area contributed by atoms with Crippen LogP contribution in [0.4, 0.5) is 0 Å². The van der Waals surface area contributed by atoms with Crippen LogP contribution in [-0.2, 0) is 16.1 Å². The molecule has 126 valence electrons. The summed E-state index contributed by atoms with van der Waals surface area (Å²) in [5, 5.41) is 9.57. The zero-order valence-corrected chi connectivity index (χ0v) is 15.2. The average Bonchev–Trinajstić information content (AvgIpc) is 3.14. The van der Waals surface area contributed by atoms with Crippen molar-refractivity contribution in [2.45, 2.75) is 19.4 Å². The highest BCUT2D eigenvalue weighted by Gasteiger charge is 2.35. The van der Waals surface area contributed by atoms with Crippen molar-refractivity contribution in [3.05, 3.63) is 80.2 Å². The number of ether oxygens (including phenoxy) is 1. The number of benzene rings is 1. The summed E-state index contributed by atoms with van der Waals surface area (Å²) in [7, 11) is 0. The third-order valence-corrected chi connectivity index (χ3v) is 5.38. The Morgan fingerprint density at radius 3 is 2.72 bits per heavy atom. The van der Waals surface area contributed by atoms with Gasteiger partial charge in [-0.2, -0.15) is 5.26 Å². The predicted octanol–water partition coefficient (Wildman–Crippen LogP) is 4.53. The minimum atomic E-state index is -0.489. The second kappa shape index (κ2) is 7.68. The molecule has 2 aromatic rings. The van der Waals surface area contributed by atoms with Crippen LogP contribution in [0.5, 0.6) is 0 Å². The van der Waals surface area contributed by atoms with Gasteiger partial charge in [-0.3, -0.25) is 0 Å². The summed E-state index contributed by atoms with van der Waals surface area (Å²) in [4.78, 5) is 16.7. The smallest absolute Gasteiger partial charge is 0.336 e. The van der Waals surface area contributed by atoms with Crippen LogP contribution in [0.2, 0.25) is 0 Å². The molecule has 1 N–H and O–H groups in total. The first-order chi connectivity index (χ1) is 12.1. The lowest BCUT2D eigenvalue weighted by Gasteiger charge is -2.25. The topological polar surface area (TPSA) is 65.9 Å². The number of aromatic amines is 1. The molecule has 0 fully saturated rings. The maximum absolute atomic E-state index is 12.8. The molecule has 2 heterocycles. The molecule has 0 saturated heterocycles. The molecule has 6 heteroatoms. The van der Waals surface area contributed by atoms with Gasteiger partial charge in [-0.25, -0.2) is 4.79 Å². The summed E-state index contributed by atoms with van der Waals surface area (Å²) in [6.07, 6.45) is 1.77. The number of aromatic nitrogens is 1. The molecule has 1 atom stereocenters. The molecule has 0 saturated carbocycles. The van der Waals surface area contributed by atoms with Crippen LogP contribution in [0.3, 0.4) is 0 Å². The van der Waals surface area contributed by atoms with Crippen molar-refractivity contribution in [3.63, 3.8) is 0 Å². The van der Waals surface area contributed by atoms with E-state index in [9.17, 15) is 10.1 Å².